The van der Waals surface area contributed by atoms with Gasteiger partial charge in [-0.15, -0.1) is 11.3 Å². The molecule has 0 aromatic carbocycles. The van der Waals surface area contributed by atoms with Gasteiger partial charge in [-0.1, -0.05) is 11.8 Å². The number of rotatable bonds is 2. The largest absolute Gasteiger partial charge is 0.348 e. The molecule has 2 heterocycles. The Morgan fingerprint density at radius 1 is 1.59 bits per heavy atom. The summed E-state index contributed by atoms with van der Waals surface area (Å²) in [6.07, 6.45) is 1.07. The maximum absolute atomic E-state index is 11.9. The molecule has 0 radical (unpaired) electrons. The highest BCUT2D eigenvalue weighted by molar-refractivity contribution is 7.99. The van der Waals surface area contributed by atoms with Gasteiger partial charge in [0.2, 0.25) is 0 Å². The minimum absolute atomic E-state index is 0.0169. The summed E-state index contributed by atoms with van der Waals surface area (Å²) in [7, 11) is 0. The van der Waals surface area contributed by atoms with Crippen LogP contribution in [0.2, 0.25) is 0 Å². The molecule has 1 aliphatic rings. The molecule has 1 saturated heterocycles. The first-order valence-corrected chi connectivity index (χ1v) is 7.44. The average Bonchev–Trinajstić information content (AvgIpc) is 2.96. The monoisotopic (exact) mass is 266 g/mol. The first kappa shape index (κ1) is 12.5. The van der Waals surface area contributed by atoms with E-state index in [9.17, 15) is 4.79 Å². The third-order valence-electron chi connectivity index (χ3n) is 2.41. The summed E-state index contributed by atoms with van der Waals surface area (Å²) in [6.45, 7) is 0.346. The molecule has 1 unspecified atom stereocenters. The van der Waals surface area contributed by atoms with Gasteiger partial charge in [0.1, 0.15) is 0 Å². The number of hydrogen-bond acceptors (Lipinski definition) is 4. The highest BCUT2D eigenvalue weighted by Crippen LogP contribution is 2.19. The van der Waals surface area contributed by atoms with Crippen LogP contribution in [0.3, 0.4) is 0 Å². The average molecular weight is 266 g/mol. The fraction of sp³-hybridized carbons (Fsp3) is 0.417. The van der Waals surface area contributed by atoms with E-state index in [0.717, 1.165) is 27.7 Å². The minimum atomic E-state index is 0.0169. The molecule has 1 aromatic rings. The van der Waals surface area contributed by atoms with E-state index in [-0.39, 0.29) is 5.91 Å². The van der Waals surface area contributed by atoms with Gasteiger partial charge in [0.05, 0.1) is 16.3 Å². The zero-order chi connectivity index (χ0) is 12.1. The summed E-state index contributed by atoms with van der Waals surface area (Å²) in [5.74, 6) is 7.90. The topological polar surface area (TPSA) is 55.1 Å². The quantitative estimate of drug-likeness (QED) is 0.793. The van der Waals surface area contributed by atoms with Gasteiger partial charge in [0.15, 0.2) is 0 Å². The number of thiophene rings is 1. The molecule has 3 nitrogen and oxygen atoms in total. The van der Waals surface area contributed by atoms with Crippen molar-refractivity contribution in [1.29, 1.82) is 0 Å². The fourth-order valence-electron chi connectivity index (χ4n) is 1.57. The molecular formula is C12H14N2OS2. The van der Waals surface area contributed by atoms with Gasteiger partial charge in [-0.2, -0.15) is 11.8 Å². The standard InChI is InChI=1S/C12H14N2OS2/c13-6-1-2-10-3-4-11(17-10)12(15)14-9-5-7-16-8-9/h3-4,9H,5-8,13H2,(H,14,15). The lowest BCUT2D eigenvalue weighted by molar-refractivity contribution is 0.0945. The summed E-state index contributed by atoms with van der Waals surface area (Å²) in [5.41, 5.74) is 5.30. The van der Waals surface area contributed by atoms with Crippen molar-refractivity contribution in [1.82, 2.24) is 5.32 Å². The maximum Gasteiger partial charge on any atom is 0.261 e. The van der Waals surface area contributed by atoms with Crippen LogP contribution in [0.4, 0.5) is 0 Å². The molecule has 1 fully saturated rings. The number of nitrogens with two attached hydrogens (primary N) is 1. The lowest BCUT2D eigenvalue weighted by Crippen LogP contribution is -2.34. The summed E-state index contributed by atoms with van der Waals surface area (Å²) < 4.78 is 0. The van der Waals surface area contributed by atoms with E-state index in [2.05, 4.69) is 17.2 Å². The summed E-state index contributed by atoms with van der Waals surface area (Å²) >= 11 is 3.30. The molecule has 90 valence electrons. The zero-order valence-corrected chi connectivity index (χ0v) is 11.0. The molecule has 0 saturated carbocycles. The van der Waals surface area contributed by atoms with Crippen molar-refractivity contribution in [2.24, 2.45) is 5.73 Å². The van der Waals surface area contributed by atoms with Crippen molar-refractivity contribution in [3.8, 4) is 11.8 Å². The Bertz CT molecular complexity index is 453. The molecule has 0 spiro atoms. The normalized spacial score (nSPS) is 18.5. The first-order chi connectivity index (χ1) is 8.29. The second-order valence-electron chi connectivity index (χ2n) is 3.70. The third-order valence-corrected chi connectivity index (χ3v) is 4.57. The molecule has 0 bridgehead atoms. The van der Waals surface area contributed by atoms with E-state index in [0.29, 0.717) is 12.6 Å². The van der Waals surface area contributed by atoms with E-state index in [1.165, 1.54) is 11.3 Å². The Morgan fingerprint density at radius 3 is 3.18 bits per heavy atom. The number of amides is 1. The van der Waals surface area contributed by atoms with Crippen LogP contribution >= 0.6 is 23.1 Å². The molecule has 5 heteroatoms. The number of carbonyl (C=O) groups excluding carboxylic acids is 1. The van der Waals surface area contributed by atoms with Crippen molar-refractivity contribution < 1.29 is 4.79 Å². The van der Waals surface area contributed by atoms with Gasteiger partial charge in [0.25, 0.3) is 5.91 Å². The predicted octanol–water partition coefficient (Wildman–Crippen LogP) is 1.29. The van der Waals surface area contributed by atoms with Crippen LogP contribution in [0.1, 0.15) is 21.0 Å². The van der Waals surface area contributed by atoms with Crippen LogP contribution < -0.4 is 11.1 Å². The predicted molar refractivity (Wildman–Crippen MR) is 73.4 cm³/mol. The SMILES string of the molecule is NCC#Cc1ccc(C(=O)NC2CCSC2)s1. The van der Waals surface area contributed by atoms with Crippen molar-refractivity contribution in [2.75, 3.05) is 18.1 Å². The maximum atomic E-state index is 11.9. The van der Waals surface area contributed by atoms with Crippen molar-refractivity contribution in [3.05, 3.63) is 21.9 Å². The molecule has 1 aliphatic heterocycles. The molecule has 2 rings (SSSR count). The Balaban J connectivity index is 1.96. The highest BCUT2D eigenvalue weighted by atomic mass is 32.2. The summed E-state index contributed by atoms with van der Waals surface area (Å²) in [5, 5.41) is 3.04. The van der Waals surface area contributed by atoms with E-state index in [4.69, 9.17) is 5.73 Å². The number of hydrogen-bond donors (Lipinski definition) is 2. The van der Waals surface area contributed by atoms with Gasteiger partial charge >= 0.3 is 0 Å². The lowest BCUT2D eigenvalue weighted by atomic mass is 10.2. The van der Waals surface area contributed by atoms with Crippen molar-refractivity contribution in [2.45, 2.75) is 12.5 Å². The Morgan fingerprint density at radius 2 is 2.47 bits per heavy atom. The van der Waals surface area contributed by atoms with Crippen LogP contribution in [0.15, 0.2) is 12.1 Å². The van der Waals surface area contributed by atoms with Crippen LogP contribution in [-0.4, -0.2) is 30.0 Å². The van der Waals surface area contributed by atoms with E-state index in [1.54, 1.807) is 0 Å². The first-order valence-electron chi connectivity index (χ1n) is 5.47. The second-order valence-corrected chi connectivity index (χ2v) is 5.94. The minimum Gasteiger partial charge on any atom is -0.348 e. The van der Waals surface area contributed by atoms with Crippen LogP contribution in [-0.2, 0) is 0 Å². The van der Waals surface area contributed by atoms with Crippen LogP contribution in [0, 0.1) is 11.8 Å². The number of thioether (sulfide) groups is 1. The fourth-order valence-corrected chi connectivity index (χ4v) is 3.51. The van der Waals surface area contributed by atoms with Crippen molar-refractivity contribution in [3.63, 3.8) is 0 Å². The second kappa shape index (κ2) is 6.10. The summed E-state index contributed by atoms with van der Waals surface area (Å²) in [4.78, 5) is 13.5. The van der Waals surface area contributed by atoms with E-state index >= 15 is 0 Å². The number of nitrogens with one attached hydrogen (secondary N) is 1. The summed E-state index contributed by atoms with van der Waals surface area (Å²) in [6, 6.07) is 4.02. The lowest BCUT2D eigenvalue weighted by Gasteiger charge is -2.09. The Kier molecular flexibility index (Phi) is 4.49. The van der Waals surface area contributed by atoms with E-state index in [1.807, 2.05) is 23.9 Å². The highest BCUT2D eigenvalue weighted by Gasteiger charge is 2.19. The van der Waals surface area contributed by atoms with Gasteiger partial charge in [-0.3, -0.25) is 4.79 Å². The smallest absolute Gasteiger partial charge is 0.261 e. The molecule has 3 N–H and O–H groups in total. The van der Waals surface area contributed by atoms with Gasteiger partial charge < -0.3 is 11.1 Å². The zero-order valence-electron chi connectivity index (χ0n) is 9.36. The third kappa shape index (κ3) is 3.50. The van der Waals surface area contributed by atoms with Crippen LogP contribution in [0.5, 0.6) is 0 Å². The molecule has 1 aromatic heterocycles. The van der Waals surface area contributed by atoms with Gasteiger partial charge in [-0.25, -0.2) is 0 Å². The van der Waals surface area contributed by atoms with E-state index < -0.39 is 0 Å². The Labute approximate surface area is 109 Å². The van der Waals surface area contributed by atoms with Crippen LogP contribution in [0.25, 0.3) is 0 Å². The molecule has 1 amide bonds. The molecule has 0 aliphatic carbocycles. The Hall–Kier alpha value is -0.960. The molecule has 17 heavy (non-hydrogen) atoms. The number of carbonyl (C=O) groups is 1. The van der Waals surface area contributed by atoms with Gasteiger partial charge in [0, 0.05) is 11.8 Å². The van der Waals surface area contributed by atoms with Gasteiger partial charge in [-0.05, 0) is 24.3 Å². The van der Waals surface area contributed by atoms with Crippen molar-refractivity contribution >= 4 is 29.0 Å². The molecular weight excluding hydrogens is 252 g/mol. The molecule has 1 atom stereocenters.